The SMILES string of the molecule is C1=CC2=c3ccccc3=Nc3ccccc3N3c4ccccc4C(=C1)C23. The Kier molecular flexibility index (Phi) is 2.69. The molecule has 2 heterocycles. The second-order valence-electron chi connectivity index (χ2n) is 6.84. The number of fused-ring (bicyclic) bond motifs is 6. The highest BCUT2D eigenvalue weighted by Crippen LogP contribution is 2.50. The lowest BCUT2D eigenvalue weighted by Crippen LogP contribution is -2.38. The van der Waals surface area contributed by atoms with Crippen LogP contribution >= 0.6 is 0 Å². The van der Waals surface area contributed by atoms with Gasteiger partial charge in [0.2, 0.25) is 0 Å². The molecule has 2 heteroatoms. The standard InChI is InChI=1S/C24H16N2/c1-3-12-20-16(8-1)18-10-7-11-19-17-9-2-5-14-22(17)26(24(18)19)23-15-6-4-13-21(23)25-20/h1-15,24H. The Morgan fingerprint density at radius 1 is 0.769 bits per heavy atom. The summed E-state index contributed by atoms with van der Waals surface area (Å²) >= 11 is 0. The molecule has 6 rings (SSSR count). The zero-order chi connectivity index (χ0) is 17.1. The highest BCUT2D eigenvalue weighted by atomic mass is 15.2. The summed E-state index contributed by atoms with van der Waals surface area (Å²) < 4.78 is 0. The van der Waals surface area contributed by atoms with E-state index < -0.39 is 0 Å². The smallest absolute Gasteiger partial charge is 0.0874 e. The van der Waals surface area contributed by atoms with Crippen molar-refractivity contribution in [3.05, 3.63) is 107 Å². The van der Waals surface area contributed by atoms with Crippen molar-refractivity contribution in [1.29, 1.82) is 0 Å². The molecule has 3 aromatic rings. The molecule has 0 amide bonds. The molecule has 2 nitrogen and oxygen atoms in total. The van der Waals surface area contributed by atoms with Crippen molar-refractivity contribution < 1.29 is 0 Å². The van der Waals surface area contributed by atoms with Gasteiger partial charge in [-0.15, -0.1) is 0 Å². The van der Waals surface area contributed by atoms with E-state index in [1.54, 1.807) is 0 Å². The van der Waals surface area contributed by atoms with Gasteiger partial charge >= 0.3 is 0 Å². The minimum Gasteiger partial charge on any atom is -0.327 e. The van der Waals surface area contributed by atoms with E-state index in [9.17, 15) is 0 Å². The molecular weight excluding hydrogens is 316 g/mol. The van der Waals surface area contributed by atoms with Crippen LogP contribution in [0.3, 0.4) is 0 Å². The molecule has 0 aromatic heterocycles. The molecule has 2 aliphatic heterocycles. The summed E-state index contributed by atoms with van der Waals surface area (Å²) in [5, 5.41) is 2.25. The van der Waals surface area contributed by atoms with E-state index in [1.165, 1.54) is 27.6 Å². The zero-order valence-corrected chi connectivity index (χ0v) is 14.1. The molecule has 0 saturated heterocycles. The predicted molar refractivity (Wildman–Crippen MR) is 106 cm³/mol. The third-order valence-electron chi connectivity index (χ3n) is 5.47. The Labute approximate surface area is 151 Å². The Balaban J connectivity index is 1.83. The third-order valence-corrected chi connectivity index (χ3v) is 5.47. The third kappa shape index (κ3) is 1.73. The van der Waals surface area contributed by atoms with Crippen molar-refractivity contribution in [3.8, 4) is 0 Å². The lowest BCUT2D eigenvalue weighted by Gasteiger charge is -2.32. The molecule has 1 aliphatic carbocycles. The highest BCUT2D eigenvalue weighted by molar-refractivity contribution is 6.03. The van der Waals surface area contributed by atoms with Gasteiger partial charge in [0.25, 0.3) is 0 Å². The molecule has 122 valence electrons. The number of hydrogen-bond donors (Lipinski definition) is 0. The lowest BCUT2D eigenvalue weighted by molar-refractivity contribution is 0.999. The van der Waals surface area contributed by atoms with Crippen molar-refractivity contribution in [1.82, 2.24) is 0 Å². The minimum absolute atomic E-state index is 0.190. The van der Waals surface area contributed by atoms with Gasteiger partial charge in [-0.1, -0.05) is 66.8 Å². The van der Waals surface area contributed by atoms with Crippen molar-refractivity contribution in [2.75, 3.05) is 4.90 Å². The summed E-state index contributed by atoms with van der Waals surface area (Å²) in [5.74, 6) is 0. The first-order chi connectivity index (χ1) is 12.9. The molecule has 0 bridgehead atoms. The molecule has 26 heavy (non-hydrogen) atoms. The van der Waals surface area contributed by atoms with Crippen molar-refractivity contribution in [2.24, 2.45) is 4.99 Å². The van der Waals surface area contributed by atoms with Crippen LogP contribution in [-0.2, 0) is 0 Å². The first kappa shape index (κ1) is 13.9. The van der Waals surface area contributed by atoms with Crippen LogP contribution in [0.1, 0.15) is 5.56 Å². The lowest BCUT2D eigenvalue weighted by atomic mass is 9.89. The van der Waals surface area contributed by atoms with Gasteiger partial charge in [0, 0.05) is 16.5 Å². The summed E-state index contributed by atoms with van der Waals surface area (Å²) in [6, 6.07) is 25.8. The van der Waals surface area contributed by atoms with Gasteiger partial charge in [-0.2, -0.15) is 0 Å². The average molecular weight is 332 g/mol. The van der Waals surface area contributed by atoms with Crippen LogP contribution < -0.4 is 15.5 Å². The van der Waals surface area contributed by atoms with Gasteiger partial charge < -0.3 is 4.90 Å². The van der Waals surface area contributed by atoms with Gasteiger partial charge in [-0.25, -0.2) is 4.99 Å². The topological polar surface area (TPSA) is 15.6 Å². The number of benzene rings is 3. The van der Waals surface area contributed by atoms with Crippen molar-refractivity contribution in [2.45, 2.75) is 6.04 Å². The van der Waals surface area contributed by atoms with Crippen LogP contribution in [-0.4, -0.2) is 6.04 Å². The summed E-state index contributed by atoms with van der Waals surface area (Å²) in [4.78, 5) is 7.48. The zero-order valence-electron chi connectivity index (χ0n) is 14.1. The second kappa shape index (κ2) is 5.06. The molecule has 0 fully saturated rings. The molecule has 3 aromatic carbocycles. The number of para-hydroxylation sites is 4. The number of nitrogens with zero attached hydrogens (tertiary/aromatic N) is 2. The quantitative estimate of drug-likeness (QED) is 0.600. The summed E-state index contributed by atoms with van der Waals surface area (Å²) in [6.07, 6.45) is 6.68. The maximum absolute atomic E-state index is 5.03. The van der Waals surface area contributed by atoms with Crippen LogP contribution in [0.2, 0.25) is 0 Å². The maximum Gasteiger partial charge on any atom is 0.0874 e. The number of rotatable bonds is 0. The normalized spacial score (nSPS) is 18.6. The molecule has 1 atom stereocenters. The van der Waals surface area contributed by atoms with E-state index in [0.717, 1.165) is 16.7 Å². The first-order valence-corrected chi connectivity index (χ1v) is 8.96. The van der Waals surface area contributed by atoms with E-state index in [4.69, 9.17) is 4.99 Å². The van der Waals surface area contributed by atoms with E-state index in [0.29, 0.717) is 0 Å². The number of anilines is 2. The molecule has 0 N–H and O–H groups in total. The largest absolute Gasteiger partial charge is 0.327 e. The van der Waals surface area contributed by atoms with Crippen molar-refractivity contribution >= 4 is 28.2 Å². The van der Waals surface area contributed by atoms with Gasteiger partial charge in [0.15, 0.2) is 0 Å². The average Bonchev–Trinajstić information content (AvgIpc) is 3.02. The van der Waals surface area contributed by atoms with Gasteiger partial charge in [-0.05, 0) is 35.4 Å². The van der Waals surface area contributed by atoms with Crippen LogP contribution in [0.25, 0.3) is 11.1 Å². The van der Waals surface area contributed by atoms with Gasteiger partial charge in [0.1, 0.15) is 0 Å². The molecule has 1 unspecified atom stereocenters. The first-order valence-electron chi connectivity index (χ1n) is 8.96. The Hall–Kier alpha value is -3.39. The predicted octanol–water partition coefficient (Wildman–Crippen LogP) is 4.28. The van der Waals surface area contributed by atoms with Gasteiger partial charge in [0.05, 0.1) is 22.8 Å². The van der Waals surface area contributed by atoms with Crippen LogP contribution in [0.15, 0.2) is 96.0 Å². The van der Waals surface area contributed by atoms with E-state index >= 15 is 0 Å². The minimum atomic E-state index is 0.190. The summed E-state index contributed by atoms with van der Waals surface area (Å²) in [6.45, 7) is 0. The Morgan fingerprint density at radius 2 is 1.54 bits per heavy atom. The highest BCUT2D eigenvalue weighted by Gasteiger charge is 2.38. The van der Waals surface area contributed by atoms with Crippen LogP contribution in [0, 0.1) is 0 Å². The fourth-order valence-corrected chi connectivity index (χ4v) is 4.40. The number of allylic oxidation sites excluding steroid dienone is 2. The maximum atomic E-state index is 5.03. The molecule has 0 spiro atoms. The van der Waals surface area contributed by atoms with E-state index in [-0.39, 0.29) is 6.04 Å². The van der Waals surface area contributed by atoms with Crippen molar-refractivity contribution in [3.63, 3.8) is 0 Å². The molecule has 0 saturated carbocycles. The summed E-state index contributed by atoms with van der Waals surface area (Å²) in [7, 11) is 0. The fourth-order valence-electron chi connectivity index (χ4n) is 4.40. The van der Waals surface area contributed by atoms with Crippen LogP contribution in [0.4, 0.5) is 17.1 Å². The Morgan fingerprint density at radius 3 is 2.50 bits per heavy atom. The summed E-state index contributed by atoms with van der Waals surface area (Å²) in [5.41, 5.74) is 7.43. The van der Waals surface area contributed by atoms with E-state index in [2.05, 4.69) is 95.9 Å². The van der Waals surface area contributed by atoms with E-state index in [1.807, 2.05) is 0 Å². The second-order valence-corrected chi connectivity index (χ2v) is 6.84. The molecule has 3 aliphatic rings. The number of hydrogen-bond acceptors (Lipinski definition) is 2. The Bertz CT molecular complexity index is 1250. The monoisotopic (exact) mass is 332 g/mol. The molecular formula is C24H16N2. The molecule has 0 radical (unpaired) electrons. The van der Waals surface area contributed by atoms with Crippen LogP contribution in [0.5, 0.6) is 0 Å². The van der Waals surface area contributed by atoms with Gasteiger partial charge in [-0.3, -0.25) is 0 Å². The fraction of sp³-hybridized carbons (Fsp3) is 0.0417.